The van der Waals surface area contributed by atoms with Gasteiger partial charge < -0.3 is 10.4 Å². The molecule has 2 N–H and O–H groups in total. The van der Waals surface area contributed by atoms with Crippen molar-refractivity contribution in [3.05, 3.63) is 0 Å². The van der Waals surface area contributed by atoms with Crippen LogP contribution in [-0.2, 0) is 4.79 Å². The van der Waals surface area contributed by atoms with Gasteiger partial charge in [-0.1, -0.05) is 39.5 Å². The fourth-order valence-electron chi connectivity index (χ4n) is 3.23. The van der Waals surface area contributed by atoms with Crippen LogP contribution in [-0.4, -0.2) is 24.2 Å². The summed E-state index contributed by atoms with van der Waals surface area (Å²) in [5.74, 6) is 1.76. The predicted octanol–water partition coefficient (Wildman–Crippen LogP) is 3.51. The minimum atomic E-state index is 0.219. The minimum Gasteiger partial charge on any atom is -0.396 e. The highest BCUT2D eigenvalue weighted by Gasteiger charge is 2.26. The Morgan fingerprint density at radius 3 is 2.50 bits per heavy atom. The number of carbonyl (C=O) groups excluding carboxylic acids is 1. The molecular formula is C17H33NO2. The lowest BCUT2D eigenvalue weighted by Crippen LogP contribution is -2.36. The van der Waals surface area contributed by atoms with Crippen LogP contribution in [0.4, 0.5) is 0 Å². The molecule has 0 bridgehead atoms. The van der Waals surface area contributed by atoms with Gasteiger partial charge in [0.25, 0.3) is 0 Å². The first kappa shape index (κ1) is 17.5. The number of aliphatic hydroxyl groups is 1. The lowest BCUT2D eigenvalue weighted by molar-refractivity contribution is -0.126. The van der Waals surface area contributed by atoms with Crippen LogP contribution in [0.15, 0.2) is 0 Å². The normalized spacial score (nSPS) is 24.4. The number of aliphatic hydroxyl groups excluding tert-OH is 1. The van der Waals surface area contributed by atoms with Crippen molar-refractivity contribution in [1.29, 1.82) is 0 Å². The number of amides is 1. The van der Waals surface area contributed by atoms with E-state index in [1.807, 2.05) is 0 Å². The maximum Gasteiger partial charge on any atom is 0.223 e. The predicted molar refractivity (Wildman–Crippen MR) is 83.5 cm³/mol. The molecule has 3 heteroatoms. The molecule has 0 aromatic rings. The standard InChI is InChI=1S/C17H33NO2/c1-3-5-6-15-7-9-16(10-8-15)17(20)18-13-14(4-2)11-12-19/h14-16,19H,3-13H2,1-2H3,(H,18,20). The van der Waals surface area contributed by atoms with Gasteiger partial charge in [-0.3, -0.25) is 4.79 Å². The van der Waals surface area contributed by atoms with Gasteiger partial charge in [0.2, 0.25) is 5.91 Å². The van der Waals surface area contributed by atoms with Crippen molar-refractivity contribution in [3.63, 3.8) is 0 Å². The lowest BCUT2D eigenvalue weighted by Gasteiger charge is -2.28. The van der Waals surface area contributed by atoms with E-state index in [0.29, 0.717) is 5.92 Å². The molecule has 0 spiro atoms. The summed E-state index contributed by atoms with van der Waals surface area (Å²) in [7, 11) is 0. The Hall–Kier alpha value is -0.570. The van der Waals surface area contributed by atoms with Crippen molar-refractivity contribution >= 4 is 5.91 Å². The Morgan fingerprint density at radius 2 is 1.95 bits per heavy atom. The molecule has 1 rings (SSSR count). The molecule has 1 unspecified atom stereocenters. The zero-order valence-corrected chi connectivity index (χ0v) is 13.4. The van der Waals surface area contributed by atoms with Gasteiger partial charge in [0.1, 0.15) is 0 Å². The first-order valence-electron chi connectivity index (χ1n) is 8.59. The van der Waals surface area contributed by atoms with Gasteiger partial charge in [-0.05, 0) is 43.9 Å². The highest BCUT2D eigenvalue weighted by atomic mass is 16.3. The van der Waals surface area contributed by atoms with Gasteiger partial charge in [0.05, 0.1) is 0 Å². The van der Waals surface area contributed by atoms with Crippen LogP contribution in [0.5, 0.6) is 0 Å². The summed E-state index contributed by atoms with van der Waals surface area (Å²) in [6.45, 7) is 5.31. The molecule has 3 nitrogen and oxygen atoms in total. The van der Waals surface area contributed by atoms with Crippen molar-refractivity contribution in [2.45, 2.75) is 71.6 Å². The molecule has 1 fully saturated rings. The topological polar surface area (TPSA) is 49.3 Å². The molecule has 1 saturated carbocycles. The number of unbranched alkanes of at least 4 members (excludes halogenated alkanes) is 1. The molecule has 0 radical (unpaired) electrons. The summed E-state index contributed by atoms with van der Waals surface area (Å²) >= 11 is 0. The number of carbonyl (C=O) groups is 1. The number of hydrogen-bond acceptors (Lipinski definition) is 2. The summed E-state index contributed by atoms with van der Waals surface area (Å²) in [5.41, 5.74) is 0. The Kier molecular flexibility index (Phi) is 8.92. The van der Waals surface area contributed by atoms with E-state index in [4.69, 9.17) is 5.11 Å². The molecule has 1 atom stereocenters. The molecule has 20 heavy (non-hydrogen) atoms. The van der Waals surface area contributed by atoms with Gasteiger partial charge in [-0.25, -0.2) is 0 Å². The molecular weight excluding hydrogens is 250 g/mol. The van der Waals surface area contributed by atoms with Crippen LogP contribution >= 0.6 is 0 Å². The van der Waals surface area contributed by atoms with Crippen LogP contribution in [0.3, 0.4) is 0 Å². The zero-order valence-electron chi connectivity index (χ0n) is 13.4. The molecule has 0 heterocycles. The van der Waals surface area contributed by atoms with Gasteiger partial charge in [-0.15, -0.1) is 0 Å². The van der Waals surface area contributed by atoms with E-state index in [0.717, 1.165) is 38.1 Å². The molecule has 0 aromatic heterocycles. The summed E-state index contributed by atoms with van der Waals surface area (Å²) in [4.78, 5) is 12.2. The van der Waals surface area contributed by atoms with Gasteiger partial charge >= 0.3 is 0 Å². The van der Waals surface area contributed by atoms with Gasteiger partial charge in [0.15, 0.2) is 0 Å². The van der Waals surface area contributed by atoms with Crippen LogP contribution in [0, 0.1) is 17.8 Å². The molecule has 0 aromatic carbocycles. The summed E-state index contributed by atoms with van der Waals surface area (Å²) in [6.07, 6.45) is 10.4. The van der Waals surface area contributed by atoms with Crippen LogP contribution < -0.4 is 5.32 Å². The molecule has 0 aliphatic heterocycles. The van der Waals surface area contributed by atoms with E-state index in [1.165, 1.54) is 32.1 Å². The lowest BCUT2D eigenvalue weighted by atomic mass is 9.79. The highest BCUT2D eigenvalue weighted by Crippen LogP contribution is 2.31. The van der Waals surface area contributed by atoms with Crippen LogP contribution in [0.1, 0.15) is 71.6 Å². The average Bonchev–Trinajstić information content (AvgIpc) is 2.49. The first-order chi connectivity index (χ1) is 9.71. The number of rotatable bonds is 9. The first-order valence-corrected chi connectivity index (χ1v) is 8.59. The van der Waals surface area contributed by atoms with E-state index in [9.17, 15) is 4.79 Å². The molecule has 1 aliphatic rings. The maximum atomic E-state index is 12.2. The van der Waals surface area contributed by atoms with Crippen molar-refractivity contribution in [3.8, 4) is 0 Å². The van der Waals surface area contributed by atoms with Crippen molar-refractivity contribution in [2.75, 3.05) is 13.2 Å². The fourth-order valence-corrected chi connectivity index (χ4v) is 3.23. The minimum absolute atomic E-state index is 0.219. The fraction of sp³-hybridized carbons (Fsp3) is 0.941. The quantitative estimate of drug-likeness (QED) is 0.680. The van der Waals surface area contributed by atoms with Crippen molar-refractivity contribution < 1.29 is 9.90 Å². The monoisotopic (exact) mass is 283 g/mol. The summed E-state index contributed by atoms with van der Waals surface area (Å²) in [5, 5.41) is 12.1. The van der Waals surface area contributed by atoms with Crippen LogP contribution in [0.25, 0.3) is 0 Å². The Balaban J connectivity index is 2.21. The Morgan fingerprint density at radius 1 is 1.25 bits per heavy atom. The van der Waals surface area contributed by atoms with Gasteiger partial charge in [-0.2, -0.15) is 0 Å². The second-order valence-corrected chi connectivity index (χ2v) is 6.39. The summed E-state index contributed by atoms with van der Waals surface area (Å²) < 4.78 is 0. The smallest absolute Gasteiger partial charge is 0.223 e. The Labute approximate surface area is 124 Å². The van der Waals surface area contributed by atoms with E-state index in [2.05, 4.69) is 19.2 Å². The van der Waals surface area contributed by atoms with E-state index >= 15 is 0 Å². The largest absolute Gasteiger partial charge is 0.396 e. The van der Waals surface area contributed by atoms with Crippen LogP contribution in [0.2, 0.25) is 0 Å². The van der Waals surface area contributed by atoms with Gasteiger partial charge in [0, 0.05) is 19.1 Å². The van der Waals surface area contributed by atoms with Crippen molar-refractivity contribution in [1.82, 2.24) is 5.32 Å². The highest BCUT2D eigenvalue weighted by molar-refractivity contribution is 5.78. The molecule has 0 saturated heterocycles. The molecule has 1 amide bonds. The second-order valence-electron chi connectivity index (χ2n) is 6.39. The van der Waals surface area contributed by atoms with E-state index < -0.39 is 0 Å². The maximum absolute atomic E-state index is 12.2. The third kappa shape index (κ3) is 6.25. The SMILES string of the molecule is CCCCC1CCC(C(=O)NCC(CC)CCO)CC1. The van der Waals surface area contributed by atoms with E-state index in [1.54, 1.807) is 0 Å². The third-order valence-electron chi connectivity index (χ3n) is 4.86. The third-order valence-corrected chi connectivity index (χ3v) is 4.86. The Bertz CT molecular complexity index is 260. The average molecular weight is 283 g/mol. The number of nitrogens with one attached hydrogen (secondary N) is 1. The zero-order chi connectivity index (χ0) is 14.8. The molecule has 1 aliphatic carbocycles. The molecule has 118 valence electrons. The van der Waals surface area contributed by atoms with E-state index in [-0.39, 0.29) is 18.4 Å². The summed E-state index contributed by atoms with van der Waals surface area (Å²) in [6, 6.07) is 0. The second kappa shape index (κ2) is 10.2. The number of hydrogen-bond donors (Lipinski definition) is 2. The van der Waals surface area contributed by atoms with Crippen molar-refractivity contribution in [2.24, 2.45) is 17.8 Å².